The van der Waals surface area contributed by atoms with Gasteiger partial charge in [-0.15, -0.1) is 11.3 Å². The van der Waals surface area contributed by atoms with Gasteiger partial charge < -0.3 is 19.6 Å². The predicted molar refractivity (Wildman–Crippen MR) is 77.0 cm³/mol. The zero-order valence-corrected chi connectivity index (χ0v) is 11.9. The standard InChI is InChI=1S/C15H13NO4S/c17-12(7-6-9-3-2-8-20-9)16-14-13(15(18)19)10-4-1-5-11(10)21-14/h2-3,6-8H,1,4-5H2,(H,16,17)(H,18,19)/p-1/b7-6+. The monoisotopic (exact) mass is 302 g/mol. The number of aromatic carboxylic acids is 1. The van der Waals surface area contributed by atoms with Crippen molar-refractivity contribution >= 4 is 34.3 Å². The summed E-state index contributed by atoms with van der Waals surface area (Å²) in [5.74, 6) is -1.08. The van der Waals surface area contributed by atoms with Crippen molar-refractivity contribution in [2.75, 3.05) is 5.32 Å². The topological polar surface area (TPSA) is 82.4 Å². The number of carboxylic acids is 1. The van der Waals surface area contributed by atoms with Gasteiger partial charge in [0.1, 0.15) is 10.8 Å². The van der Waals surface area contributed by atoms with Crippen LogP contribution in [0.1, 0.15) is 33.0 Å². The SMILES string of the molecule is O=C(/C=C/c1ccco1)Nc1sc2c(c1C(=O)[O-])CCC2. The van der Waals surface area contributed by atoms with Gasteiger partial charge in [-0.3, -0.25) is 4.79 Å². The highest BCUT2D eigenvalue weighted by Crippen LogP contribution is 2.38. The number of furan rings is 1. The first kappa shape index (κ1) is 13.6. The molecule has 0 atom stereocenters. The Hall–Kier alpha value is -2.34. The normalized spacial score (nSPS) is 13.5. The quantitative estimate of drug-likeness (QED) is 0.874. The minimum absolute atomic E-state index is 0.132. The first-order valence-electron chi connectivity index (χ1n) is 6.53. The molecule has 0 saturated carbocycles. The van der Waals surface area contributed by atoms with E-state index in [-0.39, 0.29) is 5.56 Å². The minimum Gasteiger partial charge on any atom is -0.545 e. The highest BCUT2D eigenvalue weighted by atomic mass is 32.1. The van der Waals surface area contributed by atoms with E-state index in [1.165, 1.54) is 29.8 Å². The third-order valence-corrected chi connectivity index (χ3v) is 4.51. The van der Waals surface area contributed by atoms with Crippen LogP contribution in [0, 0.1) is 0 Å². The molecule has 0 bridgehead atoms. The molecule has 0 fully saturated rings. The van der Waals surface area contributed by atoms with Crippen LogP contribution in [0.2, 0.25) is 0 Å². The molecule has 0 saturated heterocycles. The zero-order valence-electron chi connectivity index (χ0n) is 11.0. The fraction of sp³-hybridized carbons (Fsp3) is 0.200. The van der Waals surface area contributed by atoms with Crippen LogP contribution in [0.3, 0.4) is 0 Å². The second-order valence-corrected chi connectivity index (χ2v) is 5.79. The van der Waals surface area contributed by atoms with Crippen molar-refractivity contribution < 1.29 is 19.1 Å². The lowest BCUT2D eigenvalue weighted by molar-refractivity contribution is -0.254. The summed E-state index contributed by atoms with van der Waals surface area (Å²) in [6.07, 6.45) is 6.88. The Morgan fingerprint density at radius 1 is 1.38 bits per heavy atom. The van der Waals surface area contributed by atoms with E-state index in [9.17, 15) is 14.7 Å². The van der Waals surface area contributed by atoms with E-state index in [1.807, 2.05) is 0 Å². The zero-order chi connectivity index (χ0) is 14.8. The number of anilines is 1. The van der Waals surface area contributed by atoms with Crippen LogP contribution in [0.5, 0.6) is 0 Å². The van der Waals surface area contributed by atoms with Crippen LogP contribution >= 0.6 is 11.3 Å². The molecule has 0 aromatic carbocycles. The molecule has 2 aromatic heterocycles. The molecule has 1 amide bonds. The second-order valence-electron chi connectivity index (χ2n) is 4.69. The maximum Gasteiger partial charge on any atom is 0.249 e. The summed E-state index contributed by atoms with van der Waals surface area (Å²) in [6.45, 7) is 0. The van der Waals surface area contributed by atoms with Crippen molar-refractivity contribution in [1.29, 1.82) is 0 Å². The summed E-state index contributed by atoms with van der Waals surface area (Å²) in [5, 5.41) is 14.2. The average Bonchev–Trinajstić information content (AvgIpc) is 3.11. The molecule has 108 valence electrons. The van der Waals surface area contributed by atoms with Gasteiger partial charge in [0.2, 0.25) is 5.91 Å². The van der Waals surface area contributed by atoms with Gasteiger partial charge in [-0.1, -0.05) is 0 Å². The molecule has 0 radical (unpaired) electrons. The fourth-order valence-electron chi connectivity index (χ4n) is 2.41. The van der Waals surface area contributed by atoms with Gasteiger partial charge >= 0.3 is 0 Å². The number of aryl methyl sites for hydroxylation is 1. The van der Waals surface area contributed by atoms with Crippen LogP contribution in [0.15, 0.2) is 28.9 Å². The molecule has 0 spiro atoms. The van der Waals surface area contributed by atoms with E-state index < -0.39 is 11.9 Å². The number of carbonyl (C=O) groups is 2. The maximum atomic E-state index is 11.9. The van der Waals surface area contributed by atoms with Crippen molar-refractivity contribution in [3.63, 3.8) is 0 Å². The lowest BCUT2D eigenvalue weighted by atomic mass is 10.1. The lowest BCUT2D eigenvalue weighted by Gasteiger charge is -2.07. The number of carboxylic acid groups (broad SMARTS) is 1. The van der Waals surface area contributed by atoms with Gasteiger partial charge in [0.15, 0.2) is 0 Å². The first-order chi connectivity index (χ1) is 10.1. The molecule has 1 aliphatic rings. The third kappa shape index (κ3) is 2.75. The number of fused-ring (bicyclic) bond motifs is 1. The van der Waals surface area contributed by atoms with Crippen molar-refractivity contribution in [2.45, 2.75) is 19.3 Å². The van der Waals surface area contributed by atoms with E-state index >= 15 is 0 Å². The number of amides is 1. The highest BCUT2D eigenvalue weighted by molar-refractivity contribution is 7.17. The molecule has 6 heteroatoms. The Kier molecular flexibility index (Phi) is 3.62. The third-order valence-electron chi connectivity index (χ3n) is 3.30. The Balaban J connectivity index is 1.79. The molecule has 3 rings (SSSR count). The van der Waals surface area contributed by atoms with Crippen LogP contribution in [0.4, 0.5) is 5.00 Å². The number of thiophene rings is 1. The Morgan fingerprint density at radius 3 is 2.95 bits per heavy atom. The summed E-state index contributed by atoms with van der Waals surface area (Å²) < 4.78 is 5.08. The van der Waals surface area contributed by atoms with E-state index in [0.717, 1.165) is 29.7 Å². The minimum atomic E-state index is -1.24. The summed E-state index contributed by atoms with van der Waals surface area (Å²) in [7, 11) is 0. The Labute approximate surface area is 124 Å². The van der Waals surface area contributed by atoms with Gasteiger partial charge in [0, 0.05) is 16.5 Å². The first-order valence-corrected chi connectivity index (χ1v) is 7.35. The number of rotatable bonds is 4. The largest absolute Gasteiger partial charge is 0.545 e. The Bertz CT molecular complexity index is 712. The average molecular weight is 302 g/mol. The highest BCUT2D eigenvalue weighted by Gasteiger charge is 2.23. The molecule has 0 unspecified atom stereocenters. The molecular weight excluding hydrogens is 290 g/mol. The summed E-state index contributed by atoms with van der Waals surface area (Å²) in [4.78, 5) is 24.2. The van der Waals surface area contributed by atoms with Gasteiger partial charge in [0.25, 0.3) is 0 Å². The predicted octanol–water partition coefficient (Wildman–Crippen LogP) is 1.85. The molecular formula is C15H12NO4S-. The van der Waals surface area contributed by atoms with Crippen molar-refractivity contribution in [3.05, 3.63) is 46.2 Å². The number of carbonyl (C=O) groups excluding carboxylic acids is 2. The van der Waals surface area contributed by atoms with E-state index in [1.54, 1.807) is 12.1 Å². The molecule has 1 aliphatic carbocycles. The molecule has 1 N–H and O–H groups in total. The van der Waals surface area contributed by atoms with Gasteiger partial charge in [-0.25, -0.2) is 0 Å². The smallest absolute Gasteiger partial charge is 0.249 e. The molecule has 5 nitrogen and oxygen atoms in total. The van der Waals surface area contributed by atoms with Crippen molar-refractivity contribution in [1.82, 2.24) is 0 Å². The maximum absolute atomic E-state index is 11.9. The number of hydrogen-bond donors (Lipinski definition) is 1. The van der Waals surface area contributed by atoms with Crippen LogP contribution in [-0.2, 0) is 17.6 Å². The summed E-state index contributed by atoms with van der Waals surface area (Å²) >= 11 is 1.32. The van der Waals surface area contributed by atoms with Crippen LogP contribution in [0.25, 0.3) is 6.08 Å². The fourth-order valence-corrected chi connectivity index (χ4v) is 3.69. The van der Waals surface area contributed by atoms with E-state index in [2.05, 4.69) is 5.32 Å². The molecule has 0 aliphatic heterocycles. The molecule has 21 heavy (non-hydrogen) atoms. The van der Waals surface area contributed by atoms with Gasteiger partial charge in [-0.05, 0) is 43.0 Å². The van der Waals surface area contributed by atoms with Gasteiger partial charge in [-0.2, -0.15) is 0 Å². The van der Waals surface area contributed by atoms with Gasteiger partial charge in [0.05, 0.1) is 12.2 Å². The number of hydrogen-bond acceptors (Lipinski definition) is 5. The Morgan fingerprint density at radius 2 is 2.24 bits per heavy atom. The molecule has 2 aromatic rings. The van der Waals surface area contributed by atoms with Crippen molar-refractivity contribution in [2.24, 2.45) is 0 Å². The number of nitrogens with one attached hydrogen (secondary N) is 1. The summed E-state index contributed by atoms with van der Waals surface area (Å²) in [6, 6.07) is 3.44. The van der Waals surface area contributed by atoms with Crippen LogP contribution < -0.4 is 10.4 Å². The molecule has 2 heterocycles. The lowest BCUT2D eigenvalue weighted by Crippen LogP contribution is -2.24. The van der Waals surface area contributed by atoms with Crippen LogP contribution in [-0.4, -0.2) is 11.9 Å². The van der Waals surface area contributed by atoms with E-state index in [0.29, 0.717) is 10.8 Å². The second kappa shape index (κ2) is 5.57. The summed E-state index contributed by atoms with van der Waals surface area (Å²) in [5.41, 5.74) is 0.942. The van der Waals surface area contributed by atoms with E-state index in [4.69, 9.17) is 4.42 Å². The van der Waals surface area contributed by atoms with Crippen molar-refractivity contribution in [3.8, 4) is 0 Å².